The Morgan fingerprint density at radius 3 is 2.57 bits per heavy atom. The van der Waals surface area contributed by atoms with E-state index >= 15 is 0 Å². The van der Waals surface area contributed by atoms with Crippen LogP contribution in [0, 0.1) is 50.7 Å². The van der Waals surface area contributed by atoms with Crippen LogP contribution >= 0.6 is 0 Å². The second-order valence-corrected chi connectivity index (χ2v) is 12.0. The Morgan fingerprint density at radius 2 is 1.87 bits per heavy atom. The maximum absolute atomic E-state index is 13.9. The molecule has 9 atom stereocenters. The summed E-state index contributed by atoms with van der Waals surface area (Å²) < 4.78 is 5.62. The minimum atomic E-state index is -1.03. The highest BCUT2D eigenvalue weighted by Crippen LogP contribution is 2.84. The van der Waals surface area contributed by atoms with Crippen molar-refractivity contribution in [2.45, 2.75) is 53.1 Å². The van der Waals surface area contributed by atoms with Crippen molar-refractivity contribution in [3.05, 3.63) is 24.3 Å². The Labute approximate surface area is 176 Å². The van der Waals surface area contributed by atoms with E-state index in [1.165, 1.54) is 0 Å². The summed E-state index contributed by atoms with van der Waals surface area (Å²) in [4.78, 5) is 39.6. The van der Waals surface area contributed by atoms with Crippen LogP contribution in [0.3, 0.4) is 0 Å². The molecule has 6 aliphatic rings. The Kier molecular flexibility index (Phi) is 3.06. The van der Waals surface area contributed by atoms with Crippen molar-refractivity contribution in [2.24, 2.45) is 50.7 Å². The largest absolute Gasteiger partial charge is 0.464 e. The number of ether oxygens (including phenoxy) is 1. The zero-order valence-electron chi connectivity index (χ0n) is 18.2. The number of cyclic esters (lactones) is 1. The van der Waals surface area contributed by atoms with Gasteiger partial charge in [0.25, 0.3) is 0 Å². The van der Waals surface area contributed by atoms with E-state index in [0.29, 0.717) is 6.42 Å². The Bertz CT molecular complexity index is 991. The standard InChI is InChI=1S/C25H30O5/c1-12-15-17-22(4)8-7-14(26)21(2,3)13(22)6-9-24(17)10-23(5,18(15)27)19(28)16-20(29)30-11-25(12,16)24/h7-8,13,15-17,19,28H,1,6,9-11H2,2-5H3. The summed E-state index contributed by atoms with van der Waals surface area (Å²) in [5, 5.41) is 11.3. The zero-order valence-corrected chi connectivity index (χ0v) is 18.2. The average molecular weight is 411 g/mol. The van der Waals surface area contributed by atoms with E-state index < -0.39 is 34.2 Å². The van der Waals surface area contributed by atoms with Crippen LogP contribution in [-0.2, 0) is 19.1 Å². The van der Waals surface area contributed by atoms with Gasteiger partial charge in [0.15, 0.2) is 5.78 Å². The number of carbonyl (C=O) groups excluding carboxylic acids is 3. The van der Waals surface area contributed by atoms with E-state index in [-0.39, 0.29) is 46.8 Å². The Morgan fingerprint density at radius 1 is 1.17 bits per heavy atom. The molecule has 5 nitrogen and oxygen atoms in total. The molecule has 4 saturated carbocycles. The summed E-state index contributed by atoms with van der Waals surface area (Å²) in [6.07, 6.45) is 5.01. The molecule has 0 aromatic rings. The molecule has 30 heavy (non-hydrogen) atoms. The summed E-state index contributed by atoms with van der Waals surface area (Å²) in [6, 6.07) is 0. The van der Waals surface area contributed by atoms with Gasteiger partial charge in [0, 0.05) is 16.7 Å². The van der Waals surface area contributed by atoms with Gasteiger partial charge in [-0.1, -0.05) is 45.9 Å². The number of aliphatic hydroxyl groups excluding tert-OH is 1. The lowest BCUT2D eigenvalue weighted by molar-refractivity contribution is -0.219. The van der Waals surface area contributed by atoms with Crippen molar-refractivity contribution in [3.63, 3.8) is 0 Å². The fourth-order valence-electron chi connectivity index (χ4n) is 9.75. The second-order valence-electron chi connectivity index (χ2n) is 12.0. The molecular formula is C25H30O5. The zero-order chi connectivity index (χ0) is 21.6. The maximum atomic E-state index is 13.9. The summed E-state index contributed by atoms with van der Waals surface area (Å²) in [5.74, 6) is -1.22. The molecule has 1 saturated heterocycles. The molecule has 6 rings (SSSR count). The molecule has 1 aliphatic heterocycles. The van der Waals surface area contributed by atoms with Gasteiger partial charge >= 0.3 is 5.97 Å². The highest BCUT2D eigenvalue weighted by Gasteiger charge is 2.86. The van der Waals surface area contributed by atoms with Crippen molar-refractivity contribution in [3.8, 4) is 0 Å². The molecule has 5 heteroatoms. The first kappa shape index (κ1) is 19.0. The number of ketones is 2. The minimum absolute atomic E-state index is 0.0232. The smallest absolute Gasteiger partial charge is 0.312 e. The van der Waals surface area contributed by atoms with Gasteiger partial charge in [-0.15, -0.1) is 0 Å². The number of carbonyl (C=O) groups is 3. The van der Waals surface area contributed by atoms with Gasteiger partial charge in [-0.05, 0) is 48.0 Å². The van der Waals surface area contributed by atoms with Crippen molar-refractivity contribution in [1.29, 1.82) is 0 Å². The quantitative estimate of drug-likeness (QED) is 0.491. The summed E-state index contributed by atoms with van der Waals surface area (Å²) in [5.41, 5.74) is -1.99. The molecule has 0 amide bonds. The summed E-state index contributed by atoms with van der Waals surface area (Å²) >= 11 is 0. The van der Waals surface area contributed by atoms with Crippen LogP contribution in [0.1, 0.15) is 47.0 Å². The van der Waals surface area contributed by atoms with E-state index in [1.54, 1.807) is 6.08 Å². The number of aliphatic hydroxyl groups is 1. The topological polar surface area (TPSA) is 80.7 Å². The molecule has 160 valence electrons. The van der Waals surface area contributed by atoms with E-state index in [0.717, 1.165) is 18.4 Å². The first-order chi connectivity index (χ1) is 13.9. The SMILES string of the molecule is C=C1C2C(=O)C3(C)CC4(CCC5C(C)(C)C(=O)C=CC5(C)C24)C12COC(=O)C2C3O. The van der Waals surface area contributed by atoms with Crippen LogP contribution in [0.5, 0.6) is 0 Å². The van der Waals surface area contributed by atoms with Gasteiger partial charge in [-0.25, -0.2) is 0 Å². The monoisotopic (exact) mass is 410 g/mol. The number of allylic oxidation sites excluding steroid dienone is 2. The molecule has 9 unspecified atom stereocenters. The average Bonchev–Trinajstić information content (AvgIpc) is 3.10. The molecule has 0 aromatic carbocycles. The second kappa shape index (κ2) is 4.85. The van der Waals surface area contributed by atoms with Gasteiger partial charge < -0.3 is 9.84 Å². The van der Waals surface area contributed by atoms with Crippen molar-refractivity contribution in [2.75, 3.05) is 6.61 Å². The van der Waals surface area contributed by atoms with Crippen LogP contribution in [-0.4, -0.2) is 35.4 Å². The number of esters is 1. The van der Waals surface area contributed by atoms with E-state index in [9.17, 15) is 19.5 Å². The first-order valence-electron chi connectivity index (χ1n) is 11.2. The molecular weight excluding hydrogens is 380 g/mol. The third kappa shape index (κ3) is 1.51. The Hall–Kier alpha value is -1.75. The van der Waals surface area contributed by atoms with Gasteiger partial charge in [0.05, 0.1) is 17.4 Å². The number of hydrogen-bond acceptors (Lipinski definition) is 5. The summed E-state index contributed by atoms with van der Waals surface area (Å²) in [7, 11) is 0. The molecule has 5 fully saturated rings. The first-order valence-corrected chi connectivity index (χ1v) is 11.2. The predicted octanol–water partition coefficient (Wildman–Crippen LogP) is 2.87. The van der Waals surface area contributed by atoms with Crippen LogP contribution in [0.4, 0.5) is 0 Å². The fourth-order valence-corrected chi connectivity index (χ4v) is 9.75. The highest BCUT2D eigenvalue weighted by atomic mass is 16.5. The molecule has 0 aromatic heterocycles. The maximum Gasteiger partial charge on any atom is 0.312 e. The van der Waals surface area contributed by atoms with E-state index in [2.05, 4.69) is 19.6 Å². The summed E-state index contributed by atoms with van der Waals surface area (Å²) in [6.45, 7) is 12.8. The third-order valence-corrected chi connectivity index (χ3v) is 10.9. The lowest BCUT2D eigenvalue weighted by Crippen LogP contribution is -2.70. The van der Waals surface area contributed by atoms with Crippen LogP contribution < -0.4 is 0 Å². The molecule has 0 radical (unpaired) electrons. The van der Waals surface area contributed by atoms with Crippen LogP contribution in [0.15, 0.2) is 24.3 Å². The minimum Gasteiger partial charge on any atom is -0.464 e. The van der Waals surface area contributed by atoms with Crippen LogP contribution in [0.2, 0.25) is 0 Å². The van der Waals surface area contributed by atoms with Crippen molar-refractivity contribution < 1.29 is 24.2 Å². The Balaban J connectivity index is 1.65. The third-order valence-electron chi connectivity index (χ3n) is 10.9. The normalized spacial score (nSPS) is 57.2. The van der Waals surface area contributed by atoms with Gasteiger partial charge in [-0.3, -0.25) is 14.4 Å². The lowest BCUT2D eigenvalue weighted by Gasteiger charge is -2.68. The molecule has 2 spiro atoms. The van der Waals surface area contributed by atoms with E-state index in [1.807, 2.05) is 20.8 Å². The molecule has 1 heterocycles. The predicted molar refractivity (Wildman–Crippen MR) is 108 cm³/mol. The number of hydrogen-bond donors (Lipinski definition) is 1. The van der Waals surface area contributed by atoms with Crippen molar-refractivity contribution >= 4 is 17.5 Å². The lowest BCUT2D eigenvalue weighted by atomic mass is 9.34. The number of fused-ring (bicyclic) bond motifs is 2. The van der Waals surface area contributed by atoms with Gasteiger partial charge in [0.1, 0.15) is 12.4 Å². The fraction of sp³-hybridized carbons (Fsp3) is 0.720. The van der Waals surface area contributed by atoms with Crippen LogP contribution in [0.25, 0.3) is 0 Å². The molecule has 1 N–H and O–H groups in total. The van der Waals surface area contributed by atoms with Crippen molar-refractivity contribution in [1.82, 2.24) is 0 Å². The van der Waals surface area contributed by atoms with E-state index in [4.69, 9.17) is 4.74 Å². The number of rotatable bonds is 0. The highest BCUT2D eigenvalue weighted by molar-refractivity contribution is 5.98. The molecule has 3 bridgehead atoms. The van der Waals surface area contributed by atoms with Gasteiger partial charge in [0.2, 0.25) is 0 Å². The molecule has 5 aliphatic carbocycles. The van der Waals surface area contributed by atoms with Gasteiger partial charge in [-0.2, -0.15) is 0 Å². The number of Topliss-reactive ketones (excluding diaryl/α,β-unsaturated/α-hetero) is 1.